The van der Waals surface area contributed by atoms with Crippen molar-refractivity contribution in [3.8, 4) is 0 Å². The zero-order valence-electron chi connectivity index (χ0n) is 33.1. The Morgan fingerprint density at radius 3 is 2.09 bits per heavy atom. The molecule has 0 aromatic carbocycles. The predicted molar refractivity (Wildman–Crippen MR) is 203 cm³/mol. The van der Waals surface area contributed by atoms with Gasteiger partial charge >= 0.3 is 0 Å². The van der Waals surface area contributed by atoms with Crippen molar-refractivity contribution >= 4 is 45.5 Å². The Morgan fingerprint density at radius 2 is 1.58 bits per heavy atom. The third-order valence-corrected chi connectivity index (χ3v) is 16.9. The highest BCUT2D eigenvalue weighted by Gasteiger charge is 2.85. The highest BCUT2D eigenvalue weighted by atomic mass is 32.2. The lowest BCUT2D eigenvalue weighted by Crippen LogP contribution is -2.63. The average molecular weight is 785 g/mol. The van der Waals surface area contributed by atoms with Crippen LogP contribution in [0.3, 0.4) is 0 Å². The summed E-state index contributed by atoms with van der Waals surface area (Å²) in [4.78, 5) is 84.5. The van der Waals surface area contributed by atoms with E-state index in [0.717, 1.165) is 51.4 Å². The van der Waals surface area contributed by atoms with Gasteiger partial charge in [0.1, 0.15) is 29.7 Å². The van der Waals surface area contributed by atoms with Gasteiger partial charge in [-0.15, -0.1) is 6.58 Å². The van der Waals surface area contributed by atoms with Crippen LogP contribution in [0.5, 0.6) is 0 Å². The third kappa shape index (κ3) is 6.57. The number of hydrogen-bond donors (Lipinski definition) is 5. The van der Waals surface area contributed by atoms with E-state index in [1.54, 1.807) is 11.0 Å². The molecule has 2 saturated heterocycles. The minimum Gasteiger partial charge on any atom is -0.344 e. The summed E-state index contributed by atoms with van der Waals surface area (Å²) < 4.78 is 27.8. The first kappa shape index (κ1) is 39.7. The first-order chi connectivity index (χ1) is 25.7. The van der Waals surface area contributed by atoms with Gasteiger partial charge in [0.25, 0.3) is 5.91 Å². The smallest absolute Gasteiger partial charge is 0.259 e. The molecule has 7 aliphatic rings. The zero-order chi connectivity index (χ0) is 39.9. The molecule has 0 radical (unpaired) electrons. The molecular formula is C40H60N6O8S. The molecule has 5 N–H and O–H groups in total. The fourth-order valence-electron chi connectivity index (χ4n) is 11.1. The molecule has 55 heavy (non-hydrogen) atoms. The summed E-state index contributed by atoms with van der Waals surface area (Å²) in [5.74, 6) is -3.48. The zero-order valence-corrected chi connectivity index (χ0v) is 33.9. The molecule has 2 aliphatic heterocycles. The molecule has 15 heteroatoms. The summed E-state index contributed by atoms with van der Waals surface area (Å²) in [7, 11) is -3.88. The normalized spacial score (nSPS) is 33.1. The van der Waals surface area contributed by atoms with Crippen LogP contribution in [0.4, 0.5) is 0 Å². The molecule has 0 unspecified atom stereocenters. The predicted octanol–water partition coefficient (Wildman–Crippen LogP) is 2.33. The number of carbonyl (C=O) groups excluding carboxylic acids is 6. The molecule has 304 valence electrons. The molecule has 0 bridgehead atoms. The van der Waals surface area contributed by atoms with Gasteiger partial charge < -0.3 is 26.2 Å². The molecule has 7 fully saturated rings. The summed E-state index contributed by atoms with van der Waals surface area (Å²) >= 11 is 0. The van der Waals surface area contributed by atoms with E-state index < -0.39 is 85.8 Å². The standard InChI is InChI=1S/C40H60N6O8S/c1-7-24-20-40(24,35(52)45-55(53,54)25-14-15-25)44-32(49)27-21-39(37(5,6)38(39)18-11-19-38)22-46(27)34(51)30(36(2,3)4)43-33(50)29(23-12-9-8-10-13-23)42-31(48)26-16-17-28(47)41-26/h7,23-27,29-30H,1,8-22H2,2-6H3,(H,41,47)(H,42,48)(H,43,50)(H,44,49)(H,45,52)/t24-,26+,27+,29+,30-,39-,40-/m1/s1. The maximum Gasteiger partial charge on any atom is 0.259 e. The molecular weight excluding hydrogens is 725 g/mol. The topological polar surface area (TPSA) is 200 Å². The van der Waals surface area contributed by atoms with Gasteiger partial charge in [0.15, 0.2) is 0 Å². The van der Waals surface area contributed by atoms with Gasteiger partial charge in [-0.3, -0.25) is 33.5 Å². The lowest BCUT2D eigenvalue weighted by Gasteiger charge is -2.38. The van der Waals surface area contributed by atoms with Gasteiger partial charge in [-0.25, -0.2) is 8.42 Å². The number of nitrogens with one attached hydrogen (secondary N) is 5. The van der Waals surface area contributed by atoms with E-state index in [-0.39, 0.29) is 40.9 Å². The molecule has 14 nitrogen and oxygen atoms in total. The lowest BCUT2D eigenvalue weighted by molar-refractivity contribution is -0.145. The minimum absolute atomic E-state index is 0.0311. The quantitative estimate of drug-likeness (QED) is 0.186. The van der Waals surface area contributed by atoms with Gasteiger partial charge in [0, 0.05) is 24.3 Å². The number of carbonyl (C=O) groups is 6. The molecule has 5 saturated carbocycles. The Labute approximate surface area is 324 Å². The van der Waals surface area contributed by atoms with E-state index in [0.29, 0.717) is 32.2 Å². The van der Waals surface area contributed by atoms with Crippen LogP contribution in [0.2, 0.25) is 0 Å². The van der Waals surface area contributed by atoms with Crippen LogP contribution in [0.15, 0.2) is 12.7 Å². The molecule has 0 aromatic heterocycles. The fourth-order valence-corrected chi connectivity index (χ4v) is 12.4. The Bertz CT molecular complexity index is 1780. The van der Waals surface area contributed by atoms with Gasteiger partial charge in [-0.05, 0) is 80.0 Å². The first-order valence-corrected chi connectivity index (χ1v) is 22.0. The van der Waals surface area contributed by atoms with Crippen LogP contribution in [0.25, 0.3) is 0 Å². The summed E-state index contributed by atoms with van der Waals surface area (Å²) in [6.07, 6.45) is 11.0. The Morgan fingerprint density at radius 1 is 0.909 bits per heavy atom. The van der Waals surface area contributed by atoms with E-state index in [9.17, 15) is 32.4 Å². The molecule has 7 atom stereocenters. The Kier molecular flexibility index (Phi) is 9.81. The van der Waals surface area contributed by atoms with Gasteiger partial charge in [-0.2, -0.15) is 0 Å². The Balaban J connectivity index is 1.15. The van der Waals surface area contributed by atoms with E-state index in [2.05, 4.69) is 46.4 Å². The number of fused-ring (bicyclic) bond motifs is 1. The van der Waals surface area contributed by atoms with Crippen LogP contribution in [-0.4, -0.2) is 90.3 Å². The molecule has 6 amide bonds. The second kappa shape index (κ2) is 13.6. The minimum atomic E-state index is -3.88. The summed E-state index contributed by atoms with van der Waals surface area (Å²) in [5, 5.41) is 11.0. The van der Waals surface area contributed by atoms with Crippen molar-refractivity contribution in [1.29, 1.82) is 0 Å². The number of nitrogens with zero attached hydrogens (tertiary/aromatic N) is 1. The number of sulfonamides is 1. The van der Waals surface area contributed by atoms with E-state index >= 15 is 4.79 Å². The van der Waals surface area contributed by atoms with Crippen molar-refractivity contribution in [3.63, 3.8) is 0 Å². The second-order valence-electron chi connectivity index (χ2n) is 19.4. The lowest BCUT2D eigenvalue weighted by atomic mass is 9.73. The van der Waals surface area contributed by atoms with Gasteiger partial charge in [0.2, 0.25) is 39.6 Å². The molecule has 2 heterocycles. The third-order valence-electron chi connectivity index (χ3n) is 15.1. The molecule has 5 aliphatic carbocycles. The van der Waals surface area contributed by atoms with Crippen molar-refractivity contribution in [3.05, 3.63) is 12.7 Å². The van der Waals surface area contributed by atoms with Crippen LogP contribution in [0, 0.1) is 33.5 Å². The maximum atomic E-state index is 15.1. The number of likely N-dealkylation sites (tertiary alicyclic amines) is 1. The SMILES string of the molecule is C=C[C@@H]1C[C@]1(NC(=O)[C@@H]1C[C@@]2(CN1C(=O)[C@@H](NC(=O)[C@@H](NC(=O)[C@@H]1CCC(=O)N1)C1CCCCC1)C(C)(C)C)C(C)(C)C21CCC1)C(=O)NS(=O)(=O)C1CC1. The van der Waals surface area contributed by atoms with Crippen molar-refractivity contribution in [1.82, 2.24) is 30.9 Å². The average Bonchev–Trinajstić information content (AvgIpc) is 4.04. The molecule has 2 spiro atoms. The number of amides is 6. The second-order valence-corrected chi connectivity index (χ2v) is 21.3. The summed E-state index contributed by atoms with van der Waals surface area (Å²) in [6.45, 7) is 14.1. The van der Waals surface area contributed by atoms with E-state index in [1.807, 2.05) is 20.8 Å². The first-order valence-electron chi connectivity index (χ1n) is 20.4. The monoisotopic (exact) mass is 784 g/mol. The van der Waals surface area contributed by atoms with Crippen molar-refractivity contribution in [2.24, 2.45) is 33.5 Å². The number of rotatable bonds is 12. The van der Waals surface area contributed by atoms with Crippen molar-refractivity contribution in [2.75, 3.05) is 6.54 Å². The Hall–Kier alpha value is -3.49. The van der Waals surface area contributed by atoms with Crippen LogP contribution >= 0.6 is 0 Å². The van der Waals surface area contributed by atoms with Crippen LogP contribution < -0.4 is 26.0 Å². The fraction of sp³-hybridized carbons (Fsp3) is 0.800. The van der Waals surface area contributed by atoms with Crippen LogP contribution in [0.1, 0.15) is 125 Å². The molecule has 0 aromatic rings. The maximum absolute atomic E-state index is 15.1. The highest BCUT2D eigenvalue weighted by Crippen LogP contribution is 2.88. The van der Waals surface area contributed by atoms with E-state index in [4.69, 9.17) is 0 Å². The van der Waals surface area contributed by atoms with Crippen molar-refractivity contribution < 1.29 is 37.2 Å². The molecule has 7 rings (SSSR count). The highest BCUT2D eigenvalue weighted by molar-refractivity contribution is 7.91. The van der Waals surface area contributed by atoms with Gasteiger partial charge in [-0.1, -0.05) is 66.4 Å². The summed E-state index contributed by atoms with van der Waals surface area (Å²) in [5.41, 5.74) is -2.84. The largest absolute Gasteiger partial charge is 0.344 e. The van der Waals surface area contributed by atoms with E-state index in [1.165, 1.54) is 0 Å². The van der Waals surface area contributed by atoms with Crippen molar-refractivity contribution in [2.45, 2.75) is 159 Å². The van der Waals surface area contributed by atoms with Crippen LogP contribution in [-0.2, 0) is 38.8 Å². The summed E-state index contributed by atoms with van der Waals surface area (Å²) in [6, 6.07) is -3.67. The van der Waals surface area contributed by atoms with Gasteiger partial charge in [0.05, 0.1) is 5.25 Å². The number of hydrogen-bond acceptors (Lipinski definition) is 8.